The third-order valence-corrected chi connectivity index (χ3v) is 8.11. The predicted octanol–water partition coefficient (Wildman–Crippen LogP) is 5.34. The summed E-state index contributed by atoms with van der Waals surface area (Å²) in [4.78, 5) is 39.8. The minimum atomic E-state index is -0.562. The maximum absolute atomic E-state index is 13.9. The molecule has 39 heavy (non-hydrogen) atoms. The van der Waals surface area contributed by atoms with Crippen LogP contribution in [0.4, 0.5) is 11.4 Å². The molecule has 0 spiro atoms. The highest BCUT2D eigenvalue weighted by atomic mass is 16.6. The molecule has 1 saturated heterocycles. The van der Waals surface area contributed by atoms with Crippen LogP contribution in [0, 0.1) is 40.7 Å². The number of amides is 2. The molecular formula is C31H26N2O6. The summed E-state index contributed by atoms with van der Waals surface area (Å²) in [6.45, 7) is 1.75. The third kappa shape index (κ3) is 3.74. The molecule has 1 saturated carbocycles. The summed E-state index contributed by atoms with van der Waals surface area (Å²) >= 11 is 0. The first kappa shape index (κ1) is 24.6. The molecular weight excluding hydrogens is 496 g/mol. The number of carbonyl (C=O) groups is 2. The van der Waals surface area contributed by atoms with Crippen molar-refractivity contribution in [3.05, 3.63) is 111 Å². The summed E-state index contributed by atoms with van der Waals surface area (Å²) < 4.78 is 10.7. The second kappa shape index (κ2) is 9.23. The Labute approximate surface area is 225 Å². The highest BCUT2D eigenvalue weighted by Gasteiger charge is 2.62. The number of nitro groups is 1. The maximum atomic E-state index is 13.9. The molecule has 2 fully saturated rings. The van der Waals surface area contributed by atoms with Gasteiger partial charge in [0.25, 0.3) is 5.69 Å². The lowest BCUT2D eigenvalue weighted by molar-refractivity contribution is -0.384. The number of hydrogen-bond donors (Lipinski definition) is 0. The van der Waals surface area contributed by atoms with Crippen LogP contribution in [0.5, 0.6) is 11.5 Å². The molecule has 0 unspecified atom stereocenters. The Morgan fingerprint density at radius 3 is 1.72 bits per heavy atom. The zero-order valence-corrected chi connectivity index (χ0v) is 21.7. The van der Waals surface area contributed by atoms with Gasteiger partial charge in [0.2, 0.25) is 11.8 Å². The number of fused-ring (bicyclic) bond motifs is 5. The first-order valence-corrected chi connectivity index (χ1v) is 12.7. The van der Waals surface area contributed by atoms with Gasteiger partial charge < -0.3 is 9.47 Å². The molecule has 0 radical (unpaired) electrons. The molecule has 1 aliphatic heterocycles. The standard InChI is InChI=1S/C31H26N2O6/c1-17-4-9-20(33(36)37)16-25(17)32-30(34)28-23-14-15-24(29(28)31(32)35)27(23)26(18-5-10-21(38-2)11-6-18)19-7-12-22(39-3)13-8-19/h4-16,23-24,28-29H,1-3H3/t23-,24-,28-,29+/m1/s1. The molecule has 196 valence electrons. The van der Waals surface area contributed by atoms with Gasteiger partial charge in [-0.3, -0.25) is 19.7 Å². The van der Waals surface area contributed by atoms with E-state index in [4.69, 9.17) is 9.47 Å². The van der Waals surface area contributed by atoms with Gasteiger partial charge in [-0.05, 0) is 59.0 Å². The lowest BCUT2D eigenvalue weighted by Gasteiger charge is -2.22. The average Bonchev–Trinajstić information content (AvgIpc) is 3.58. The van der Waals surface area contributed by atoms with Gasteiger partial charge in [0, 0.05) is 24.0 Å². The van der Waals surface area contributed by atoms with Gasteiger partial charge in [-0.25, -0.2) is 4.90 Å². The van der Waals surface area contributed by atoms with E-state index in [2.05, 4.69) is 0 Å². The van der Waals surface area contributed by atoms with Crippen LogP contribution in [0.2, 0.25) is 0 Å². The Kier molecular flexibility index (Phi) is 5.83. The number of carbonyl (C=O) groups excluding carboxylic acids is 2. The van der Waals surface area contributed by atoms with Gasteiger partial charge in [-0.2, -0.15) is 0 Å². The lowest BCUT2D eigenvalue weighted by Crippen LogP contribution is -2.34. The number of methoxy groups -OCH3 is 2. The zero-order valence-electron chi connectivity index (χ0n) is 21.7. The summed E-state index contributed by atoms with van der Waals surface area (Å²) in [5, 5.41) is 11.4. The van der Waals surface area contributed by atoms with E-state index in [0.29, 0.717) is 5.56 Å². The van der Waals surface area contributed by atoms with Crippen LogP contribution in [-0.2, 0) is 9.59 Å². The van der Waals surface area contributed by atoms with Crippen molar-refractivity contribution >= 4 is 28.8 Å². The van der Waals surface area contributed by atoms with E-state index < -0.39 is 16.8 Å². The Morgan fingerprint density at radius 1 is 0.795 bits per heavy atom. The summed E-state index contributed by atoms with van der Waals surface area (Å²) in [6.07, 6.45) is 4.06. The van der Waals surface area contributed by atoms with Crippen molar-refractivity contribution in [1.29, 1.82) is 0 Å². The minimum Gasteiger partial charge on any atom is -0.497 e. The summed E-state index contributed by atoms with van der Waals surface area (Å²) in [5.41, 5.74) is 4.70. The monoisotopic (exact) mass is 522 g/mol. The number of imide groups is 1. The molecule has 2 bridgehead atoms. The first-order chi connectivity index (χ1) is 18.8. The van der Waals surface area contributed by atoms with Crippen molar-refractivity contribution in [3.63, 3.8) is 0 Å². The van der Waals surface area contributed by atoms with Gasteiger partial charge in [-0.1, -0.05) is 42.5 Å². The van der Waals surface area contributed by atoms with Crippen molar-refractivity contribution in [3.8, 4) is 11.5 Å². The number of hydrogen-bond acceptors (Lipinski definition) is 6. The number of ether oxygens (including phenoxy) is 2. The van der Waals surface area contributed by atoms with Crippen molar-refractivity contribution in [2.75, 3.05) is 19.1 Å². The maximum Gasteiger partial charge on any atom is 0.271 e. The van der Waals surface area contributed by atoms with Crippen LogP contribution in [0.25, 0.3) is 5.57 Å². The number of anilines is 1. The number of benzene rings is 3. The van der Waals surface area contributed by atoms with E-state index >= 15 is 0 Å². The average molecular weight is 523 g/mol. The number of allylic oxidation sites excluding steroid dienone is 3. The third-order valence-electron chi connectivity index (χ3n) is 8.11. The van der Waals surface area contributed by atoms with Crippen molar-refractivity contribution in [2.45, 2.75) is 6.92 Å². The minimum absolute atomic E-state index is 0.156. The summed E-state index contributed by atoms with van der Waals surface area (Å²) in [5.74, 6) is -0.816. The quantitative estimate of drug-likeness (QED) is 0.187. The van der Waals surface area contributed by atoms with Crippen LogP contribution in [0.3, 0.4) is 0 Å². The highest BCUT2D eigenvalue weighted by Crippen LogP contribution is 2.59. The van der Waals surface area contributed by atoms with Crippen LogP contribution in [0.15, 0.2) is 84.5 Å². The van der Waals surface area contributed by atoms with E-state index in [0.717, 1.165) is 33.8 Å². The molecule has 8 nitrogen and oxygen atoms in total. The SMILES string of the molecule is COc1ccc(C(=C2[C@H]3C=C[C@H]2[C@H]2C(=O)N(c4cc([N+](=O)[O-])ccc4C)C(=O)[C@H]23)c2ccc(OC)cc2)cc1. The summed E-state index contributed by atoms with van der Waals surface area (Å²) in [6, 6.07) is 19.8. The smallest absolute Gasteiger partial charge is 0.271 e. The fourth-order valence-corrected chi connectivity index (χ4v) is 6.30. The van der Waals surface area contributed by atoms with Crippen LogP contribution >= 0.6 is 0 Å². The predicted molar refractivity (Wildman–Crippen MR) is 145 cm³/mol. The highest BCUT2D eigenvalue weighted by molar-refractivity contribution is 6.24. The lowest BCUT2D eigenvalue weighted by atomic mass is 9.85. The molecule has 6 rings (SSSR count). The molecule has 2 amide bonds. The molecule has 3 aromatic carbocycles. The van der Waals surface area contributed by atoms with E-state index in [9.17, 15) is 19.7 Å². The van der Waals surface area contributed by atoms with Gasteiger partial charge in [0.05, 0.1) is 36.7 Å². The Hall–Kier alpha value is -4.72. The fourth-order valence-electron chi connectivity index (χ4n) is 6.30. The first-order valence-electron chi connectivity index (χ1n) is 12.7. The largest absolute Gasteiger partial charge is 0.497 e. The van der Waals surface area contributed by atoms with Crippen LogP contribution in [0.1, 0.15) is 16.7 Å². The molecule has 0 N–H and O–H groups in total. The molecule has 3 aliphatic rings. The fraction of sp³-hybridized carbons (Fsp3) is 0.226. The second-order valence-electron chi connectivity index (χ2n) is 10.0. The number of rotatable bonds is 6. The molecule has 1 heterocycles. The van der Waals surface area contributed by atoms with Crippen molar-refractivity contribution < 1.29 is 24.0 Å². The topological polar surface area (TPSA) is 99.0 Å². The molecule has 2 aliphatic carbocycles. The number of non-ortho nitro benzene ring substituents is 1. The number of nitrogens with zero attached hydrogens (tertiary/aromatic N) is 2. The van der Waals surface area contributed by atoms with Gasteiger partial charge in [0.1, 0.15) is 11.5 Å². The van der Waals surface area contributed by atoms with Gasteiger partial charge in [0.15, 0.2) is 0 Å². The second-order valence-corrected chi connectivity index (χ2v) is 10.0. The summed E-state index contributed by atoms with van der Waals surface area (Å²) in [7, 11) is 3.23. The van der Waals surface area contributed by atoms with E-state index in [1.165, 1.54) is 17.0 Å². The Balaban J connectivity index is 1.47. The zero-order chi connectivity index (χ0) is 27.4. The van der Waals surface area contributed by atoms with E-state index in [1.807, 2.05) is 60.7 Å². The van der Waals surface area contributed by atoms with E-state index in [1.54, 1.807) is 27.2 Å². The Morgan fingerprint density at radius 2 is 1.28 bits per heavy atom. The number of nitro benzene ring substituents is 1. The Bertz CT molecular complexity index is 1490. The normalized spacial score (nSPS) is 22.8. The van der Waals surface area contributed by atoms with Crippen molar-refractivity contribution in [1.82, 2.24) is 0 Å². The molecule has 8 heteroatoms. The molecule has 4 atom stereocenters. The molecule has 0 aromatic heterocycles. The molecule has 3 aromatic rings. The van der Waals surface area contributed by atoms with Crippen LogP contribution < -0.4 is 14.4 Å². The van der Waals surface area contributed by atoms with Gasteiger partial charge in [-0.15, -0.1) is 0 Å². The number of aryl methyl sites for hydroxylation is 1. The van der Waals surface area contributed by atoms with Crippen molar-refractivity contribution in [2.24, 2.45) is 23.7 Å². The van der Waals surface area contributed by atoms with E-state index in [-0.39, 0.29) is 35.0 Å². The van der Waals surface area contributed by atoms with Gasteiger partial charge >= 0.3 is 0 Å². The van der Waals surface area contributed by atoms with Crippen LogP contribution in [-0.4, -0.2) is 31.0 Å².